The Morgan fingerprint density at radius 2 is 1.94 bits per heavy atom. The lowest BCUT2D eigenvalue weighted by Gasteiger charge is -2.05. The zero-order chi connectivity index (χ0) is 13.4. The van der Waals surface area contributed by atoms with Crippen LogP contribution in [0.2, 0.25) is 0 Å². The van der Waals surface area contributed by atoms with E-state index in [0.717, 1.165) is 18.6 Å². The van der Waals surface area contributed by atoms with Gasteiger partial charge in [0.2, 0.25) is 0 Å². The molecule has 0 heterocycles. The molecule has 1 nitrogen and oxygen atoms in total. The Bertz CT molecular complexity index is 423. The van der Waals surface area contributed by atoms with E-state index in [9.17, 15) is 0 Å². The fourth-order valence-electron chi connectivity index (χ4n) is 1.68. The molecule has 1 aromatic carbocycles. The van der Waals surface area contributed by atoms with E-state index in [1.54, 1.807) is 0 Å². The monoisotopic (exact) mass is 244 g/mol. The quantitative estimate of drug-likeness (QED) is 0.635. The lowest BCUT2D eigenvalue weighted by Crippen LogP contribution is -1.94. The summed E-state index contributed by atoms with van der Waals surface area (Å²) in [6.07, 6.45) is 6.68. The Hall–Kier alpha value is -1.50. The molecule has 0 aliphatic carbocycles. The summed E-state index contributed by atoms with van der Waals surface area (Å²) in [6, 6.07) is 8.16. The number of ether oxygens (including phenoxy) is 1. The number of aryl methyl sites for hydroxylation is 1. The van der Waals surface area contributed by atoms with Crippen molar-refractivity contribution in [1.29, 1.82) is 0 Å². The fourth-order valence-corrected chi connectivity index (χ4v) is 1.68. The van der Waals surface area contributed by atoms with Gasteiger partial charge in [-0.1, -0.05) is 29.4 Å². The van der Waals surface area contributed by atoms with Gasteiger partial charge in [0.25, 0.3) is 0 Å². The van der Waals surface area contributed by atoms with E-state index in [0.29, 0.717) is 6.61 Å². The molecule has 0 N–H and O–H groups in total. The van der Waals surface area contributed by atoms with Gasteiger partial charge in [0.1, 0.15) is 12.4 Å². The topological polar surface area (TPSA) is 9.23 Å². The van der Waals surface area contributed by atoms with Gasteiger partial charge >= 0.3 is 0 Å². The number of benzene rings is 1. The molecular formula is C17H24O. The summed E-state index contributed by atoms with van der Waals surface area (Å²) in [7, 11) is 0. The van der Waals surface area contributed by atoms with Crippen LogP contribution in [0.4, 0.5) is 0 Å². The van der Waals surface area contributed by atoms with E-state index in [4.69, 9.17) is 4.74 Å². The molecule has 0 radical (unpaired) electrons. The minimum absolute atomic E-state index is 0.657. The van der Waals surface area contributed by atoms with Gasteiger partial charge in [0.05, 0.1) is 0 Å². The van der Waals surface area contributed by atoms with Crippen molar-refractivity contribution in [3.05, 3.63) is 53.1 Å². The molecular weight excluding hydrogens is 220 g/mol. The minimum atomic E-state index is 0.657. The molecule has 98 valence electrons. The van der Waals surface area contributed by atoms with Gasteiger partial charge in [-0.05, 0) is 64.3 Å². The van der Waals surface area contributed by atoms with Gasteiger partial charge in [-0.25, -0.2) is 0 Å². The van der Waals surface area contributed by atoms with Gasteiger partial charge in [0.15, 0.2) is 0 Å². The first-order valence-electron chi connectivity index (χ1n) is 6.56. The molecule has 0 amide bonds. The molecule has 0 unspecified atom stereocenters. The van der Waals surface area contributed by atoms with Crippen LogP contribution in [0.3, 0.4) is 0 Å². The van der Waals surface area contributed by atoms with Crippen molar-refractivity contribution < 1.29 is 4.74 Å². The van der Waals surface area contributed by atoms with Crippen LogP contribution in [0.25, 0.3) is 0 Å². The molecule has 0 aromatic heterocycles. The molecule has 0 fully saturated rings. The van der Waals surface area contributed by atoms with Crippen molar-refractivity contribution in [2.24, 2.45) is 0 Å². The van der Waals surface area contributed by atoms with Crippen LogP contribution < -0.4 is 4.74 Å². The number of hydrogen-bond donors (Lipinski definition) is 0. The highest BCUT2D eigenvalue weighted by Crippen LogP contribution is 2.13. The van der Waals surface area contributed by atoms with Crippen LogP contribution in [0.5, 0.6) is 5.75 Å². The van der Waals surface area contributed by atoms with Crippen LogP contribution in [-0.2, 0) is 0 Å². The standard InChI is InChI=1S/C17H24O/c1-14(2)7-5-8-15(3)11-12-18-17-10-6-9-16(4)13-17/h6-7,9-11,13H,5,8,12H2,1-4H3/b15-11+. The predicted molar refractivity (Wildman–Crippen MR) is 79.1 cm³/mol. The highest BCUT2D eigenvalue weighted by molar-refractivity contribution is 5.27. The van der Waals surface area contributed by atoms with Crippen molar-refractivity contribution in [3.8, 4) is 5.75 Å². The predicted octanol–water partition coefficient (Wildman–Crippen LogP) is 5.07. The van der Waals surface area contributed by atoms with Gasteiger partial charge < -0.3 is 4.74 Å². The first kappa shape index (κ1) is 14.6. The third-order valence-electron chi connectivity index (χ3n) is 2.76. The van der Waals surface area contributed by atoms with Crippen molar-refractivity contribution >= 4 is 0 Å². The summed E-state index contributed by atoms with van der Waals surface area (Å²) in [4.78, 5) is 0. The zero-order valence-electron chi connectivity index (χ0n) is 12.0. The molecule has 0 spiro atoms. The van der Waals surface area contributed by atoms with E-state index >= 15 is 0 Å². The molecule has 18 heavy (non-hydrogen) atoms. The molecule has 0 atom stereocenters. The van der Waals surface area contributed by atoms with Crippen LogP contribution in [-0.4, -0.2) is 6.61 Å². The number of hydrogen-bond acceptors (Lipinski definition) is 1. The SMILES string of the molecule is CC(C)=CCC/C(C)=C/COc1cccc(C)c1. The number of rotatable bonds is 6. The summed E-state index contributed by atoms with van der Waals surface area (Å²) in [5, 5.41) is 0. The average Bonchev–Trinajstić information content (AvgIpc) is 2.28. The third kappa shape index (κ3) is 6.29. The Morgan fingerprint density at radius 3 is 2.61 bits per heavy atom. The zero-order valence-corrected chi connectivity index (χ0v) is 12.0. The lowest BCUT2D eigenvalue weighted by atomic mass is 10.1. The Labute approximate surface area is 111 Å². The maximum atomic E-state index is 5.69. The molecule has 0 bridgehead atoms. The van der Waals surface area contributed by atoms with E-state index in [-0.39, 0.29) is 0 Å². The lowest BCUT2D eigenvalue weighted by molar-refractivity contribution is 0.361. The molecule has 1 heteroatoms. The molecule has 0 saturated carbocycles. The van der Waals surface area contributed by atoms with Gasteiger partial charge in [-0.15, -0.1) is 0 Å². The normalized spacial score (nSPS) is 11.2. The highest BCUT2D eigenvalue weighted by Gasteiger charge is 1.93. The van der Waals surface area contributed by atoms with Crippen molar-refractivity contribution in [3.63, 3.8) is 0 Å². The summed E-state index contributed by atoms with van der Waals surface area (Å²) in [5.41, 5.74) is 4.01. The minimum Gasteiger partial charge on any atom is -0.490 e. The second kappa shape index (κ2) is 7.75. The summed E-state index contributed by atoms with van der Waals surface area (Å²) >= 11 is 0. The maximum absolute atomic E-state index is 5.69. The van der Waals surface area contributed by atoms with Gasteiger partial charge in [-0.3, -0.25) is 0 Å². The highest BCUT2D eigenvalue weighted by atomic mass is 16.5. The second-order valence-corrected chi connectivity index (χ2v) is 5.00. The third-order valence-corrected chi connectivity index (χ3v) is 2.76. The maximum Gasteiger partial charge on any atom is 0.120 e. The smallest absolute Gasteiger partial charge is 0.120 e. The molecule has 0 saturated heterocycles. The first-order valence-corrected chi connectivity index (χ1v) is 6.56. The van der Waals surface area contributed by atoms with E-state index in [2.05, 4.69) is 52.0 Å². The Morgan fingerprint density at radius 1 is 1.17 bits per heavy atom. The molecule has 1 rings (SSSR count). The van der Waals surface area contributed by atoms with Crippen molar-refractivity contribution in [1.82, 2.24) is 0 Å². The Kier molecular flexibility index (Phi) is 6.27. The largest absolute Gasteiger partial charge is 0.490 e. The first-order chi connectivity index (χ1) is 8.58. The van der Waals surface area contributed by atoms with Crippen molar-refractivity contribution in [2.75, 3.05) is 6.61 Å². The van der Waals surface area contributed by atoms with E-state index in [1.807, 2.05) is 12.1 Å². The van der Waals surface area contributed by atoms with Crippen LogP contribution >= 0.6 is 0 Å². The van der Waals surface area contributed by atoms with Crippen LogP contribution in [0.1, 0.15) is 39.2 Å². The fraction of sp³-hybridized carbons (Fsp3) is 0.412. The Balaban J connectivity index is 2.33. The van der Waals surface area contributed by atoms with Crippen molar-refractivity contribution in [2.45, 2.75) is 40.5 Å². The summed E-state index contributed by atoms with van der Waals surface area (Å²) in [6.45, 7) is 9.18. The summed E-state index contributed by atoms with van der Waals surface area (Å²) in [5.74, 6) is 0.948. The van der Waals surface area contributed by atoms with E-state index in [1.165, 1.54) is 16.7 Å². The number of allylic oxidation sites excluding steroid dienone is 3. The van der Waals surface area contributed by atoms with Gasteiger partial charge in [0, 0.05) is 0 Å². The van der Waals surface area contributed by atoms with Gasteiger partial charge in [-0.2, -0.15) is 0 Å². The molecule has 1 aromatic rings. The molecule has 0 aliphatic rings. The average molecular weight is 244 g/mol. The second-order valence-electron chi connectivity index (χ2n) is 5.00. The van der Waals surface area contributed by atoms with Crippen LogP contribution in [0, 0.1) is 6.92 Å². The molecule has 0 aliphatic heterocycles. The van der Waals surface area contributed by atoms with Crippen LogP contribution in [0.15, 0.2) is 47.6 Å². The summed E-state index contributed by atoms with van der Waals surface area (Å²) < 4.78 is 5.69. The van der Waals surface area contributed by atoms with E-state index < -0.39 is 0 Å².